The van der Waals surface area contributed by atoms with Gasteiger partial charge in [0.05, 0.1) is 13.2 Å². The number of nitrogens with two attached hydrogens (primary N) is 1. The Kier molecular flexibility index (Phi) is 3.19. The van der Waals surface area contributed by atoms with E-state index in [4.69, 9.17) is 15.2 Å². The lowest BCUT2D eigenvalue weighted by Crippen LogP contribution is -2.37. The van der Waals surface area contributed by atoms with E-state index in [0.29, 0.717) is 6.54 Å². The van der Waals surface area contributed by atoms with Gasteiger partial charge < -0.3 is 15.2 Å². The smallest absolute Gasteiger partial charge is 0.415 e. The van der Waals surface area contributed by atoms with Crippen LogP contribution in [-0.2, 0) is 4.74 Å². The van der Waals surface area contributed by atoms with Gasteiger partial charge in [-0.1, -0.05) is 0 Å². The lowest BCUT2D eigenvalue weighted by molar-refractivity contribution is 0.137. The maximum absolute atomic E-state index is 11.7. The standard InChI is InChI=1S/C12H16N2O3/c1-8-11(7-13)17-12(15)14(8)9-3-5-10(16-2)6-4-9/h3-6,8,11H,7,13H2,1-2H3. The zero-order chi connectivity index (χ0) is 12.4. The fraction of sp³-hybridized carbons (Fsp3) is 0.417. The molecule has 1 aromatic rings. The maximum atomic E-state index is 11.7. The third-order valence-electron chi connectivity index (χ3n) is 2.98. The minimum atomic E-state index is -0.349. The van der Waals surface area contributed by atoms with E-state index in [1.807, 2.05) is 31.2 Å². The molecule has 1 fully saturated rings. The number of cyclic esters (lactones) is 1. The number of rotatable bonds is 3. The van der Waals surface area contributed by atoms with Gasteiger partial charge >= 0.3 is 6.09 Å². The molecule has 0 radical (unpaired) electrons. The van der Waals surface area contributed by atoms with E-state index < -0.39 is 0 Å². The van der Waals surface area contributed by atoms with Gasteiger partial charge in [-0.2, -0.15) is 0 Å². The minimum Gasteiger partial charge on any atom is -0.497 e. The summed E-state index contributed by atoms with van der Waals surface area (Å²) in [5.41, 5.74) is 6.34. The predicted molar refractivity (Wildman–Crippen MR) is 64.3 cm³/mol. The number of benzene rings is 1. The summed E-state index contributed by atoms with van der Waals surface area (Å²) in [6.45, 7) is 2.26. The van der Waals surface area contributed by atoms with E-state index in [-0.39, 0.29) is 18.2 Å². The van der Waals surface area contributed by atoms with Crippen LogP contribution in [0.2, 0.25) is 0 Å². The van der Waals surface area contributed by atoms with Crippen LogP contribution in [0, 0.1) is 0 Å². The summed E-state index contributed by atoms with van der Waals surface area (Å²) >= 11 is 0. The number of anilines is 1. The monoisotopic (exact) mass is 236 g/mol. The molecule has 0 aliphatic carbocycles. The molecule has 0 spiro atoms. The van der Waals surface area contributed by atoms with Crippen molar-refractivity contribution in [2.24, 2.45) is 5.73 Å². The first kappa shape index (κ1) is 11.7. The molecule has 2 N–H and O–H groups in total. The van der Waals surface area contributed by atoms with Crippen LogP contribution in [0.25, 0.3) is 0 Å². The fourth-order valence-electron chi connectivity index (χ4n) is 1.95. The third-order valence-corrected chi connectivity index (χ3v) is 2.98. The van der Waals surface area contributed by atoms with Crippen LogP contribution >= 0.6 is 0 Å². The second-order valence-corrected chi connectivity index (χ2v) is 3.97. The average molecular weight is 236 g/mol. The van der Waals surface area contributed by atoms with Gasteiger partial charge in [-0.15, -0.1) is 0 Å². The van der Waals surface area contributed by atoms with Crippen LogP contribution in [0.1, 0.15) is 6.92 Å². The van der Waals surface area contributed by atoms with Crippen LogP contribution in [-0.4, -0.2) is 31.9 Å². The van der Waals surface area contributed by atoms with Gasteiger partial charge in [0.1, 0.15) is 11.9 Å². The number of hydrogen-bond donors (Lipinski definition) is 1. The molecule has 2 unspecified atom stereocenters. The number of nitrogens with zero attached hydrogens (tertiary/aromatic N) is 1. The second kappa shape index (κ2) is 4.63. The highest BCUT2D eigenvalue weighted by molar-refractivity contribution is 5.90. The highest BCUT2D eigenvalue weighted by atomic mass is 16.6. The van der Waals surface area contributed by atoms with Gasteiger partial charge in [-0.05, 0) is 31.2 Å². The first-order valence-electron chi connectivity index (χ1n) is 5.51. The third kappa shape index (κ3) is 2.06. The molecule has 0 saturated carbocycles. The normalized spacial score (nSPS) is 23.7. The summed E-state index contributed by atoms with van der Waals surface area (Å²) in [4.78, 5) is 13.3. The SMILES string of the molecule is COc1ccc(N2C(=O)OC(CN)C2C)cc1. The van der Waals surface area contributed by atoms with Crippen molar-refractivity contribution < 1.29 is 14.3 Å². The Bertz CT molecular complexity index is 405. The minimum absolute atomic E-state index is 0.0547. The molecular weight excluding hydrogens is 220 g/mol. The molecule has 1 aromatic carbocycles. The number of amides is 1. The first-order chi connectivity index (χ1) is 8.17. The molecule has 5 heteroatoms. The zero-order valence-corrected chi connectivity index (χ0v) is 9.92. The van der Waals surface area contributed by atoms with Gasteiger partial charge in [-0.3, -0.25) is 4.90 Å². The Labute approximate surface area is 100 Å². The van der Waals surface area contributed by atoms with Crippen molar-refractivity contribution >= 4 is 11.8 Å². The van der Waals surface area contributed by atoms with Crippen molar-refractivity contribution in [2.75, 3.05) is 18.6 Å². The first-order valence-corrected chi connectivity index (χ1v) is 5.51. The zero-order valence-electron chi connectivity index (χ0n) is 9.92. The van der Waals surface area contributed by atoms with Crippen LogP contribution in [0.3, 0.4) is 0 Å². The summed E-state index contributed by atoms with van der Waals surface area (Å²) in [6, 6.07) is 7.22. The van der Waals surface area contributed by atoms with E-state index in [9.17, 15) is 4.79 Å². The van der Waals surface area contributed by atoms with Crippen LogP contribution in [0.4, 0.5) is 10.5 Å². The molecule has 1 heterocycles. The molecule has 5 nitrogen and oxygen atoms in total. The van der Waals surface area contributed by atoms with Crippen molar-refractivity contribution in [1.29, 1.82) is 0 Å². The molecule has 2 rings (SSSR count). The number of carbonyl (C=O) groups excluding carboxylic acids is 1. The summed E-state index contributed by atoms with van der Waals surface area (Å²) < 4.78 is 10.3. The van der Waals surface area contributed by atoms with Crippen LogP contribution in [0.5, 0.6) is 5.75 Å². The Morgan fingerprint density at radius 2 is 2.06 bits per heavy atom. The largest absolute Gasteiger partial charge is 0.497 e. The quantitative estimate of drug-likeness (QED) is 0.860. The van der Waals surface area contributed by atoms with E-state index in [2.05, 4.69) is 0 Å². The summed E-state index contributed by atoms with van der Waals surface area (Å²) in [7, 11) is 1.60. The lowest BCUT2D eigenvalue weighted by atomic mass is 10.1. The Balaban J connectivity index is 2.23. The maximum Gasteiger partial charge on any atom is 0.415 e. The number of carbonyl (C=O) groups is 1. The van der Waals surface area contributed by atoms with Gasteiger partial charge in [0.15, 0.2) is 0 Å². The van der Waals surface area contributed by atoms with Crippen molar-refractivity contribution in [3.8, 4) is 5.75 Å². The Hall–Kier alpha value is -1.75. The highest BCUT2D eigenvalue weighted by Crippen LogP contribution is 2.27. The van der Waals surface area contributed by atoms with E-state index in [1.165, 1.54) is 0 Å². The number of hydrogen-bond acceptors (Lipinski definition) is 4. The molecule has 1 saturated heterocycles. The van der Waals surface area contributed by atoms with E-state index in [1.54, 1.807) is 12.0 Å². The summed E-state index contributed by atoms with van der Waals surface area (Å²) in [5.74, 6) is 0.754. The molecule has 0 aromatic heterocycles. The highest BCUT2D eigenvalue weighted by Gasteiger charge is 2.38. The molecule has 1 amide bonds. The van der Waals surface area contributed by atoms with Crippen molar-refractivity contribution in [3.63, 3.8) is 0 Å². The molecule has 92 valence electrons. The lowest BCUT2D eigenvalue weighted by Gasteiger charge is -2.20. The molecule has 17 heavy (non-hydrogen) atoms. The Morgan fingerprint density at radius 1 is 1.41 bits per heavy atom. The van der Waals surface area contributed by atoms with Gasteiger partial charge in [0, 0.05) is 12.2 Å². The molecule has 1 aliphatic rings. The molecule has 1 aliphatic heterocycles. The molecule has 0 bridgehead atoms. The summed E-state index contributed by atoms with van der Waals surface area (Å²) in [6.07, 6.45) is -0.595. The van der Waals surface area contributed by atoms with Crippen molar-refractivity contribution in [2.45, 2.75) is 19.1 Å². The van der Waals surface area contributed by atoms with Crippen molar-refractivity contribution in [3.05, 3.63) is 24.3 Å². The average Bonchev–Trinajstić information content (AvgIpc) is 2.64. The number of methoxy groups -OCH3 is 1. The van der Waals surface area contributed by atoms with Gasteiger partial charge in [-0.25, -0.2) is 4.79 Å². The van der Waals surface area contributed by atoms with E-state index in [0.717, 1.165) is 11.4 Å². The number of ether oxygens (including phenoxy) is 2. The van der Waals surface area contributed by atoms with Crippen LogP contribution in [0.15, 0.2) is 24.3 Å². The summed E-state index contributed by atoms with van der Waals surface area (Å²) in [5, 5.41) is 0. The van der Waals surface area contributed by atoms with Crippen molar-refractivity contribution in [1.82, 2.24) is 0 Å². The van der Waals surface area contributed by atoms with E-state index >= 15 is 0 Å². The predicted octanol–water partition coefficient (Wildman–Crippen LogP) is 1.37. The topological polar surface area (TPSA) is 64.8 Å². The second-order valence-electron chi connectivity index (χ2n) is 3.97. The fourth-order valence-corrected chi connectivity index (χ4v) is 1.95. The van der Waals surface area contributed by atoms with Gasteiger partial charge in [0.2, 0.25) is 0 Å². The van der Waals surface area contributed by atoms with Crippen LogP contribution < -0.4 is 15.4 Å². The van der Waals surface area contributed by atoms with Gasteiger partial charge in [0.25, 0.3) is 0 Å². The molecular formula is C12H16N2O3. The Morgan fingerprint density at radius 3 is 2.53 bits per heavy atom. The molecule has 2 atom stereocenters.